The topological polar surface area (TPSA) is 104 Å². The molecule has 0 spiro atoms. The number of nitrogens with one attached hydrogen (secondary N) is 2. The van der Waals surface area contributed by atoms with E-state index in [1.54, 1.807) is 24.3 Å². The Morgan fingerprint density at radius 2 is 1.74 bits per heavy atom. The fraction of sp³-hybridized carbons (Fsp3) is 0.375. The summed E-state index contributed by atoms with van der Waals surface area (Å²) < 4.78 is 27.1. The van der Waals surface area contributed by atoms with E-state index in [2.05, 4.69) is 20.6 Å². The first kappa shape index (κ1) is 23.1. The Morgan fingerprint density at radius 1 is 1.00 bits per heavy atom. The Kier molecular flexibility index (Phi) is 6.71. The molecule has 1 aliphatic carbocycles. The lowest BCUT2D eigenvalue weighted by Gasteiger charge is -2.25. The summed E-state index contributed by atoms with van der Waals surface area (Å²) in [6.45, 7) is 1.12. The average molecular weight is 498 g/mol. The highest BCUT2D eigenvalue weighted by molar-refractivity contribution is 7.99. The lowest BCUT2D eigenvalue weighted by molar-refractivity contribution is -0.113. The van der Waals surface area contributed by atoms with Gasteiger partial charge in [-0.2, -0.15) is 4.31 Å². The van der Waals surface area contributed by atoms with Crippen molar-refractivity contribution in [3.05, 3.63) is 48.5 Å². The SMILES string of the molecule is O=C(CSc1nc(NC2CC2)c2ccccc2n1)Nc1ccc(S(=O)(=O)N2CCCCC2)cc1. The van der Waals surface area contributed by atoms with Gasteiger partial charge in [-0.3, -0.25) is 4.79 Å². The minimum atomic E-state index is -3.49. The number of benzene rings is 2. The van der Waals surface area contributed by atoms with Crippen LogP contribution in [0.3, 0.4) is 0 Å². The predicted molar refractivity (Wildman–Crippen MR) is 135 cm³/mol. The lowest BCUT2D eigenvalue weighted by Crippen LogP contribution is -2.35. The molecule has 1 saturated carbocycles. The Bertz CT molecular complexity index is 1290. The second kappa shape index (κ2) is 9.89. The van der Waals surface area contributed by atoms with Gasteiger partial charge in [-0.15, -0.1) is 0 Å². The zero-order valence-electron chi connectivity index (χ0n) is 18.7. The molecule has 2 aliphatic rings. The van der Waals surface area contributed by atoms with Crippen molar-refractivity contribution in [2.45, 2.75) is 48.2 Å². The maximum Gasteiger partial charge on any atom is 0.243 e. The molecule has 1 aromatic heterocycles. The molecule has 0 radical (unpaired) electrons. The zero-order valence-corrected chi connectivity index (χ0v) is 20.4. The second-order valence-corrected chi connectivity index (χ2v) is 11.5. The normalized spacial score (nSPS) is 16.9. The van der Waals surface area contributed by atoms with Gasteiger partial charge in [0.1, 0.15) is 5.82 Å². The van der Waals surface area contributed by atoms with Crippen molar-refractivity contribution in [2.75, 3.05) is 29.5 Å². The number of sulfonamides is 1. The molecule has 0 atom stereocenters. The fourth-order valence-electron chi connectivity index (χ4n) is 3.94. The van der Waals surface area contributed by atoms with E-state index in [4.69, 9.17) is 0 Å². The molecule has 2 fully saturated rings. The monoisotopic (exact) mass is 497 g/mol. The van der Waals surface area contributed by atoms with E-state index in [1.165, 1.54) is 16.1 Å². The lowest BCUT2D eigenvalue weighted by atomic mass is 10.2. The summed E-state index contributed by atoms with van der Waals surface area (Å²) in [5, 5.41) is 7.79. The van der Waals surface area contributed by atoms with Gasteiger partial charge in [0.05, 0.1) is 16.2 Å². The summed E-state index contributed by atoms with van der Waals surface area (Å²) >= 11 is 1.27. The van der Waals surface area contributed by atoms with Crippen molar-refractivity contribution in [2.24, 2.45) is 0 Å². The van der Waals surface area contributed by atoms with Crippen LogP contribution >= 0.6 is 11.8 Å². The van der Waals surface area contributed by atoms with Gasteiger partial charge in [0, 0.05) is 30.2 Å². The van der Waals surface area contributed by atoms with E-state index in [-0.39, 0.29) is 16.6 Å². The van der Waals surface area contributed by atoms with Crippen LogP contribution < -0.4 is 10.6 Å². The van der Waals surface area contributed by atoms with Gasteiger partial charge in [-0.05, 0) is 62.1 Å². The number of aromatic nitrogens is 2. The summed E-state index contributed by atoms with van der Waals surface area (Å²) in [6.07, 6.45) is 5.13. The number of nitrogens with zero attached hydrogens (tertiary/aromatic N) is 3. The third kappa shape index (κ3) is 5.34. The number of carbonyl (C=O) groups is 1. The summed E-state index contributed by atoms with van der Waals surface area (Å²) in [5.74, 6) is 0.751. The van der Waals surface area contributed by atoms with E-state index in [1.807, 2.05) is 24.3 Å². The van der Waals surface area contributed by atoms with Crippen LogP contribution in [0.5, 0.6) is 0 Å². The molecule has 1 saturated heterocycles. The summed E-state index contributed by atoms with van der Waals surface area (Å²) in [7, 11) is -3.49. The van der Waals surface area contributed by atoms with Crippen LogP contribution in [0.1, 0.15) is 32.1 Å². The fourth-order valence-corrected chi connectivity index (χ4v) is 6.11. The van der Waals surface area contributed by atoms with E-state index in [0.29, 0.717) is 30.0 Å². The Morgan fingerprint density at radius 3 is 2.47 bits per heavy atom. The highest BCUT2D eigenvalue weighted by atomic mass is 32.2. The Balaban J connectivity index is 1.21. The number of hydrogen-bond acceptors (Lipinski definition) is 7. The molecule has 1 aliphatic heterocycles. The number of carbonyl (C=O) groups excluding carboxylic acids is 1. The van der Waals surface area contributed by atoms with E-state index in [9.17, 15) is 13.2 Å². The van der Waals surface area contributed by atoms with Crippen molar-refractivity contribution in [1.29, 1.82) is 0 Å². The Hall–Kier alpha value is -2.69. The van der Waals surface area contributed by atoms with Crippen molar-refractivity contribution < 1.29 is 13.2 Å². The van der Waals surface area contributed by atoms with Gasteiger partial charge in [0.25, 0.3) is 0 Å². The van der Waals surface area contributed by atoms with Crippen LogP contribution in [-0.4, -0.2) is 53.5 Å². The van der Waals surface area contributed by atoms with Crippen LogP contribution in [-0.2, 0) is 14.8 Å². The summed E-state index contributed by atoms with van der Waals surface area (Å²) in [4.78, 5) is 22.0. The quantitative estimate of drug-likeness (QED) is 0.356. The van der Waals surface area contributed by atoms with E-state index < -0.39 is 10.0 Å². The van der Waals surface area contributed by atoms with E-state index in [0.717, 1.165) is 48.8 Å². The average Bonchev–Trinajstić information content (AvgIpc) is 3.68. The van der Waals surface area contributed by atoms with Crippen LogP contribution in [0.4, 0.5) is 11.5 Å². The van der Waals surface area contributed by atoms with Crippen molar-refractivity contribution in [3.8, 4) is 0 Å². The molecule has 0 unspecified atom stereocenters. The number of hydrogen-bond donors (Lipinski definition) is 2. The highest BCUT2D eigenvalue weighted by Gasteiger charge is 2.26. The standard InChI is InChI=1S/C24H27N5O3S2/c30-22(25-17-10-12-19(13-11-17)34(31,32)29-14-4-1-5-15-29)16-33-24-27-21-7-3-2-6-20(21)23(28-24)26-18-8-9-18/h2-3,6-7,10-13,18H,1,4-5,8-9,14-16H2,(H,25,30)(H,26,27,28). The first-order valence-corrected chi connectivity index (χ1v) is 14.0. The van der Waals surface area contributed by atoms with Gasteiger partial charge >= 0.3 is 0 Å². The van der Waals surface area contributed by atoms with Gasteiger partial charge in [0.15, 0.2) is 5.16 Å². The summed E-state index contributed by atoms with van der Waals surface area (Å²) in [5.41, 5.74) is 1.40. The number of amides is 1. The first-order chi connectivity index (χ1) is 16.5. The van der Waals surface area contributed by atoms with Crippen molar-refractivity contribution >= 4 is 50.1 Å². The second-order valence-electron chi connectivity index (χ2n) is 8.62. The third-order valence-electron chi connectivity index (χ3n) is 5.92. The van der Waals surface area contributed by atoms with Crippen LogP contribution in [0.25, 0.3) is 10.9 Å². The molecular weight excluding hydrogens is 470 g/mol. The van der Waals surface area contributed by atoms with Gasteiger partial charge < -0.3 is 10.6 Å². The maximum atomic E-state index is 12.8. The minimum absolute atomic E-state index is 0.148. The highest BCUT2D eigenvalue weighted by Crippen LogP contribution is 2.30. The van der Waals surface area contributed by atoms with Gasteiger partial charge in [0.2, 0.25) is 15.9 Å². The van der Waals surface area contributed by atoms with Crippen LogP contribution in [0.2, 0.25) is 0 Å². The summed E-state index contributed by atoms with van der Waals surface area (Å²) in [6, 6.07) is 14.7. The zero-order chi connectivity index (χ0) is 23.5. The van der Waals surface area contributed by atoms with Crippen molar-refractivity contribution in [3.63, 3.8) is 0 Å². The molecule has 1 amide bonds. The molecular formula is C24H27N5O3S2. The molecule has 2 aromatic carbocycles. The van der Waals surface area contributed by atoms with E-state index >= 15 is 0 Å². The molecule has 178 valence electrons. The molecule has 2 N–H and O–H groups in total. The molecule has 5 rings (SSSR count). The molecule has 34 heavy (non-hydrogen) atoms. The van der Waals surface area contributed by atoms with Crippen molar-refractivity contribution in [1.82, 2.24) is 14.3 Å². The van der Waals surface area contributed by atoms with Crippen LogP contribution in [0.15, 0.2) is 58.6 Å². The minimum Gasteiger partial charge on any atom is -0.367 e. The van der Waals surface area contributed by atoms with Gasteiger partial charge in [-0.25, -0.2) is 18.4 Å². The number of fused-ring (bicyclic) bond motifs is 1. The molecule has 0 bridgehead atoms. The maximum absolute atomic E-state index is 12.8. The van der Waals surface area contributed by atoms with Gasteiger partial charge in [-0.1, -0.05) is 30.3 Å². The molecule has 2 heterocycles. The molecule has 8 nitrogen and oxygen atoms in total. The smallest absolute Gasteiger partial charge is 0.243 e. The third-order valence-corrected chi connectivity index (χ3v) is 8.68. The first-order valence-electron chi connectivity index (χ1n) is 11.6. The molecule has 3 aromatic rings. The Labute approximate surface area is 203 Å². The number of rotatable bonds is 8. The largest absolute Gasteiger partial charge is 0.367 e. The number of para-hydroxylation sites is 1. The molecule has 10 heteroatoms. The number of thioether (sulfide) groups is 1. The number of anilines is 2. The predicted octanol–water partition coefficient (Wildman–Crippen LogP) is 4.11. The number of piperidine rings is 1. The van der Waals surface area contributed by atoms with Crippen LogP contribution in [0, 0.1) is 0 Å².